The zero-order valence-corrected chi connectivity index (χ0v) is 11.7. The van der Waals surface area contributed by atoms with Crippen molar-refractivity contribution in [2.75, 3.05) is 29.5 Å². The Bertz CT molecular complexity index is 423. The molecule has 0 aliphatic carbocycles. The average molecular weight is 266 g/mol. The summed E-state index contributed by atoms with van der Waals surface area (Å²) >= 11 is 0. The minimum Gasteiger partial charge on any atom is -0.370 e. The first-order chi connectivity index (χ1) is 9.06. The summed E-state index contributed by atoms with van der Waals surface area (Å²) in [6.45, 7) is 7.15. The zero-order valence-electron chi connectivity index (χ0n) is 11.7. The monoisotopic (exact) mass is 266 g/mol. The summed E-state index contributed by atoms with van der Waals surface area (Å²) < 4.78 is 0. The van der Waals surface area contributed by atoms with E-state index < -0.39 is 0 Å². The molecule has 1 aromatic rings. The smallest absolute Gasteiger partial charge is 0.242 e. The van der Waals surface area contributed by atoms with Crippen LogP contribution in [-0.4, -0.2) is 35.0 Å². The molecule has 7 nitrogen and oxygen atoms in total. The van der Waals surface area contributed by atoms with Crippen LogP contribution in [0, 0.1) is 0 Å². The lowest BCUT2D eigenvalue weighted by molar-refractivity contribution is -0.121. The minimum absolute atomic E-state index is 0.0657. The molecule has 0 spiro atoms. The number of rotatable bonds is 7. The van der Waals surface area contributed by atoms with Gasteiger partial charge in [-0.15, -0.1) is 0 Å². The molecule has 1 aromatic heterocycles. The summed E-state index contributed by atoms with van der Waals surface area (Å²) in [5.41, 5.74) is 5.62. The molecule has 1 amide bonds. The van der Waals surface area contributed by atoms with E-state index in [-0.39, 0.29) is 17.9 Å². The van der Waals surface area contributed by atoms with Crippen LogP contribution in [0.5, 0.6) is 0 Å². The molecule has 1 rings (SSSR count). The van der Waals surface area contributed by atoms with Gasteiger partial charge in [-0.1, -0.05) is 6.92 Å². The SMILES string of the molecule is CCCNC(=O)C(C)Nc1cc(NCC)nc(N)n1. The first-order valence-corrected chi connectivity index (χ1v) is 6.49. The number of amides is 1. The second-order valence-electron chi connectivity index (χ2n) is 4.18. The highest BCUT2D eigenvalue weighted by atomic mass is 16.2. The van der Waals surface area contributed by atoms with Crippen molar-refractivity contribution in [1.82, 2.24) is 15.3 Å². The van der Waals surface area contributed by atoms with Gasteiger partial charge in [0.25, 0.3) is 0 Å². The van der Waals surface area contributed by atoms with Gasteiger partial charge in [-0.25, -0.2) is 0 Å². The molecular formula is C12H22N6O. The quantitative estimate of drug-likeness (QED) is 0.582. The van der Waals surface area contributed by atoms with Gasteiger partial charge < -0.3 is 21.7 Å². The number of aromatic nitrogens is 2. The maximum absolute atomic E-state index is 11.7. The molecule has 0 aliphatic rings. The summed E-state index contributed by atoms with van der Waals surface area (Å²) in [6.07, 6.45) is 0.906. The number of nitrogens with zero attached hydrogens (tertiary/aromatic N) is 2. The van der Waals surface area contributed by atoms with E-state index in [0.717, 1.165) is 13.0 Å². The molecule has 0 bridgehead atoms. The number of nitrogens with two attached hydrogens (primary N) is 1. The molecule has 19 heavy (non-hydrogen) atoms. The fraction of sp³-hybridized carbons (Fsp3) is 0.583. The molecular weight excluding hydrogens is 244 g/mol. The van der Waals surface area contributed by atoms with E-state index in [1.807, 2.05) is 13.8 Å². The van der Waals surface area contributed by atoms with Gasteiger partial charge in [0.1, 0.15) is 17.7 Å². The standard InChI is InChI=1S/C12H22N6O/c1-4-6-15-11(19)8(3)16-10-7-9(14-5-2)17-12(13)18-10/h7-8H,4-6H2,1-3H3,(H,15,19)(H4,13,14,16,17,18). The third-order valence-corrected chi connectivity index (χ3v) is 2.41. The highest BCUT2D eigenvalue weighted by Gasteiger charge is 2.13. The molecule has 1 atom stereocenters. The maximum Gasteiger partial charge on any atom is 0.242 e. The Kier molecular flexibility index (Phi) is 5.84. The van der Waals surface area contributed by atoms with E-state index in [2.05, 4.69) is 25.9 Å². The Morgan fingerprint density at radius 1 is 1.37 bits per heavy atom. The first kappa shape index (κ1) is 15.0. The van der Waals surface area contributed by atoms with Crippen molar-refractivity contribution in [3.8, 4) is 0 Å². The number of carbonyl (C=O) groups is 1. The number of nitrogen functional groups attached to an aromatic ring is 1. The van der Waals surface area contributed by atoms with Crippen LogP contribution in [0.15, 0.2) is 6.07 Å². The van der Waals surface area contributed by atoms with Crippen molar-refractivity contribution < 1.29 is 4.79 Å². The van der Waals surface area contributed by atoms with Gasteiger partial charge >= 0.3 is 0 Å². The lowest BCUT2D eigenvalue weighted by Crippen LogP contribution is -2.38. The second-order valence-corrected chi connectivity index (χ2v) is 4.18. The topological polar surface area (TPSA) is 105 Å². The minimum atomic E-state index is -0.379. The number of anilines is 3. The van der Waals surface area contributed by atoms with Crippen LogP contribution in [0.3, 0.4) is 0 Å². The number of nitrogens with one attached hydrogen (secondary N) is 3. The van der Waals surface area contributed by atoms with Crippen LogP contribution in [0.4, 0.5) is 17.6 Å². The van der Waals surface area contributed by atoms with Crippen LogP contribution in [0.1, 0.15) is 27.2 Å². The van der Waals surface area contributed by atoms with Gasteiger partial charge in [0.15, 0.2) is 0 Å². The van der Waals surface area contributed by atoms with Crippen molar-refractivity contribution in [2.45, 2.75) is 33.2 Å². The molecule has 0 aliphatic heterocycles. The summed E-state index contributed by atoms with van der Waals surface area (Å²) in [6, 6.07) is 1.35. The molecule has 7 heteroatoms. The van der Waals surface area contributed by atoms with Crippen LogP contribution >= 0.6 is 0 Å². The Morgan fingerprint density at radius 2 is 2.05 bits per heavy atom. The lowest BCUT2D eigenvalue weighted by atomic mass is 10.3. The van der Waals surface area contributed by atoms with E-state index >= 15 is 0 Å². The normalized spacial score (nSPS) is 11.7. The third-order valence-electron chi connectivity index (χ3n) is 2.41. The molecule has 1 heterocycles. The van der Waals surface area contributed by atoms with Crippen molar-refractivity contribution in [2.24, 2.45) is 0 Å². The Morgan fingerprint density at radius 3 is 2.68 bits per heavy atom. The predicted octanol–water partition coefficient (Wildman–Crippen LogP) is 0.817. The second kappa shape index (κ2) is 7.40. The molecule has 0 fully saturated rings. The average Bonchev–Trinajstić information content (AvgIpc) is 2.35. The van der Waals surface area contributed by atoms with Crippen molar-refractivity contribution in [3.05, 3.63) is 6.07 Å². The van der Waals surface area contributed by atoms with Gasteiger partial charge in [0.05, 0.1) is 0 Å². The van der Waals surface area contributed by atoms with E-state index in [1.165, 1.54) is 0 Å². The van der Waals surface area contributed by atoms with Crippen LogP contribution in [-0.2, 0) is 4.79 Å². The molecule has 5 N–H and O–H groups in total. The fourth-order valence-corrected chi connectivity index (χ4v) is 1.50. The largest absolute Gasteiger partial charge is 0.370 e. The number of hydrogen-bond acceptors (Lipinski definition) is 6. The summed E-state index contributed by atoms with van der Waals surface area (Å²) in [7, 11) is 0. The van der Waals surface area contributed by atoms with Crippen molar-refractivity contribution >= 4 is 23.5 Å². The third kappa shape index (κ3) is 4.99. The van der Waals surface area contributed by atoms with Gasteiger partial charge in [-0.05, 0) is 20.3 Å². The van der Waals surface area contributed by atoms with Crippen molar-refractivity contribution in [3.63, 3.8) is 0 Å². The van der Waals surface area contributed by atoms with E-state index in [4.69, 9.17) is 5.73 Å². The Balaban J connectivity index is 2.67. The lowest BCUT2D eigenvalue weighted by Gasteiger charge is -2.15. The van der Waals surface area contributed by atoms with E-state index in [0.29, 0.717) is 18.2 Å². The van der Waals surface area contributed by atoms with Crippen LogP contribution < -0.4 is 21.7 Å². The van der Waals surface area contributed by atoms with E-state index in [1.54, 1.807) is 13.0 Å². The van der Waals surface area contributed by atoms with E-state index in [9.17, 15) is 4.79 Å². The molecule has 1 unspecified atom stereocenters. The molecule has 0 aromatic carbocycles. The first-order valence-electron chi connectivity index (χ1n) is 6.49. The fourth-order valence-electron chi connectivity index (χ4n) is 1.50. The van der Waals surface area contributed by atoms with Crippen LogP contribution in [0.2, 0.25) is 0 Å². The number of carbonyl (C=O) groups excluding carboxylic acids is 1. The summed E-state index contributed by atoms with van der Waals surface area (Å²) in [4.78, 5) is 19.8. The van der Waals surface area contributed by atoms with Crippen molar-refractivity contribution in [1.29, 1.82) is 0 Å². The van der Waals surface area contributed by atoms with Gasteiger partial charge in [-0.2, -0.15) is 9.97 Å². The maximum atomic E-state index is 11.7. The zero-order chi connectivity index (χ0) is 14.3. The van der Waals surface area contributed by atoms with Gasteiger partial charge in [0, 0.05) is 19.2 Å². The van der Waals surface area contributed by atoms with Gasteiger partial charge in [0.2, 0.25) is 11.9 Å². The Labute approximate surface area is 113 Å². The highest BCUT2D eigenvalue weighted by molar-refractivity contribution is 5.84. The molecule has 0 saturated carbocycles. The Hall–Kier alpha value is -2.05. The molecule has 0 radical (unpaired) electrons. The summed E-state index contributed by atoms with van der Waals surface area (Å²) in [5, 5.41) is 8.88. The highest BCUT2D eigenvalue weighted by Crippen LogP contribution is 2.13. The molecule has 106 valence electrons. The molecule has 0 saturated heterocycles. The van der Waals surface area contributed by atoms with Gasteiger partial charge in [-0.3, -0.25) is 4.79 Å². The summed E-state index contributed by atoms with van der Waals surface area (Å²) in [5.74, 6) is 1.27. The van der Waals surface area contributed by atoms with Crippen LogP contribution in [0.25, 0.3) is 0 Å². The number of hydrogen-bond donors (Lipinski definition) is 4. The predicted molar refractivity (Wildman–Crippen MR) is 77.0 cm³/mol.